The zero-order chi connectivity index (χ0) is 29.2. The van der Waals surface area contributed by atoms with Crippen molar-refractivity contribution in [1.82, 2.24) is 15.1 Å². The van der Waals surface area contributed by atoms with Gasteiger partial charge in [0.05, 0.1) is 24.7 Å². The molecule has 10 heteroatoms. The molecule has 0 radical (unpaired) electrons. The van der Waals surface area contributed by atoms with Crippen molar-refractivity contribution in [2.75, 3.05) is 13.1 Å². The molecule has 1 saturated heterocycles. The second-order valence-corrected chi connectivity index (χ2v) is 10.5. The lowest BCUT2D eigenvalue weighted by molar-refractivity contribution is -0.117. The highest BCUT2D eigenvalue weighted by Crippen LogP contribution is 2.27. The summed E-state index contributed by atoms with van der Waals surface area (Å²) in [6.45, 7) is 6.65. The number of rotatable bonds is 11. The summed E-state index contributed by atoms with van der Waals surface area (Å²) < 4.78 is 42.3. The third-order valence-electron chi connectivity index (χ3n) is 6.35. The van der Waals surface area contributed by atoms with E-state index in [1.54, 1.807) is 17.0 Å². The molecular weight excluding hydrogens is 560 g/mol. The predicted octanol–water partition coefficient (Wildman–Crippen LogP) is 7.45. The Bertz CT molecular complexity index is 1370. The average Bonchev–Trinajstić information content (AvgIpc) is 3.20. The third-order valence-corrected chi connectivity index (χ3v) is 6.77. The van der Waals surface area contributed by atoms with Crippen LogP contribution in [0.3, 0.4) is 0 Å². The van der Waals surface area contributed by atoms with Crippen molar-refractivity contribution in [3.63, 3.8) is 0 Å². The molecule has 3 rings (SSSR count). The van der Waals surface area contributed by atoms with Gasteiger partial charge in [0.1, 0.15) is 5.83 Å². The van der Waals surface area contributed by atoms with Gasteiger partial charge >= 0.3 is 0 Å². The van der Waals surface area contributed by atoms with Crippen LogP contribution in [0.4, 0.5) is 13.2 Å². The number of carbonyl (C=O) groups excluding carboxylic acids is 1. The van der Waals surface area contributed by atoms with Crippen LogP contribution >= 0.6 is 23.2 Å². The lowest BCUT2D eigenvalue weighted by Crippen LogP contribution is -2.23. The molecule has 2 aromatic rings. The van der Waals surface area contributed by atoms with Crippen LogP contribution in [0.5, 0.6) is 0 Å². The molecule has 1 aromatic heterocycles. The molecule has 5 nitrogen and oxygen atoms in total. The molecule has 1 aliphatic heterocycles. The molecule has 212 valence electrons. The van der Waals surface area contributed by atoms with Gasteiger partial charge < -0.3 is 5.32 Å². The average molecular weight is 592 g/mol. The highest BCUT2D eigenvalue weighted by Gasteiger charge is 2.19. The van der Waals surface area contributed by atoms with Gasteiger partial charge in [-0.25, -0.2) is 17.9 Å². The highest BCUT2D eigenvalue weighted by molar-refractivity contribution is 6.30. The summed E-state index contributed by atoms with van der Waals surface area (Å²) in [5, 5.41) is 7.95. The van der Waals surface area contributed by atoms with Crippen molar-refractivity contribution in [3.05, 3.63) is 80.9 Å². The monoisotopic (exact) mass is 590 g/mol. The molecule has 1 N–H and O–H groups in total. The summed E-state index contributed by atoms with van der Waals surface area (Å²) in [5.41, 5.74) is 3.13. The fraction of sp³-hybridized carbons (Fsp3) is 0.367. The lowest BCUT2D eigenvalue weighted by Gasteiger charge is -2.11. The maximum absolute atomic E-state index is 14.0. The van der Waals surface area contributed by atoms with Crippen LogP contribution in [0.25, 0.3) is 5.70 Å². The van der Waals surface area contributed by atoms with E-state index in [0.717, 1.165) is 5.57 Å². The fourth-order valence-electron chi connectivity index (χ4n) is 4.31. The van der Waals surface area contributed by atoms with E-state index in [9.17, 15) is 18.0 Å². The lowest BCUT2D eigenvalue weighted by atomic mass is 9.96. The van der Waals surface area contributed by atoms with Gasteiger partial charge in [0, 0.05) is 65.5 Å². The number of halogens is 5. The normalized spacial score (nSPS) is 17.8. The standard InChI is InChI=1S/C30H31Cl2F3N4O/c1-4-22-16-37-18-28(40)14-23(22)6-5-9-36-17-26-15-27(12-21-10-24(30(34)35)13-25(32)11-21)39(38-26)19(2)7-8-29(33)20(3)31/h1,6,9-11,13,15,22,30,37H,2,5,7-8,12,14,16-18H2,3H3/b23-6-,29-20-,36-9?. The van der Waals surface area contributed by atoms with Crippen molar-refractivity contribution in [3.8, 4) is 12.3 Å². The van der Waals surface area contributed by atoms with Gasteiger partial charge in [-0.2, -0.15) is 5.10 Å². The number of alkyl halides is 2. The molecule has 1 atom stereocenters. The molecule has 2 heterocycles. The number of nitrogens with zero attached hydrogens (tertiary/aromatic N) is 3. The zero-order valence-electron chi connectivity index (χ0n) is 22.2. The molecule has 1 unspecified atom stereocenters. The van der Waals surface area contributed by atoms with Crippen LogP contribution in [0, 0.1) is 18.3 Å². The number of allylic oxidation sites excluding steroid dienone is 4. The van der Waals surface area contributed by atoms with Crippen LogP contribution in [-0.2, 0) is 17.8 Å². The Morgan fingerprint density at radius 2 is 2.12 bits per heavy atom. The summed E-state index contributed by atoms with van der Waals surface area (Å²) in [6, 6.07) is 6.07. The second-order valence-electron chi connectivity index (χ2n) is 9.52. The van der Waals surface area contributed by atoms with Crippen molar-refractivity contribution < 1.29 is 18.0 Å². The Morgan fingerprint density at radius 3 is 2.83 bits per heavy atom. The summed E-state index contributed by atoms with van der Waals surface area (Å²) >= 11 is 11.8. The van der Waals surface area contributed by atoms with E-state index in [-0.39, 0.29) is 53.1 Å². The quantitative estimate of drug-likeness (QED) is 0.168. The van der Waals surface area contributed by atoms with E-state index >= 15 is 0 Å². The second kappa shape index (κ2) is 15.0. The smallest absolute Gasteiger partial charge is 0.263 e. The number of Topliss-reactive ketones (excluding diaryl/α,β-unsaturated/α-hetero) is 1. The summed E-state index contributed by atoms with van der Waals surface area (Å²) in [7, 11) is 0. The number of aromatic nitrogens is 2. The van der Waals surface area contributed by atoms with Crippen molar-refractivity contribution in [2.45, 2.75) is 52.0 Å². The zero-order valence-corrected chi connectivity index (χ0v) is 23.7. The number of terminal acetylenes is 1. The van der Waals surface area contributed by atoms with E-state index in [1.807, 2.05) is 12.1 Å². The fourth-order valence-corrected chi connectivity index (χ4v) is 4.67. The van der Waals surface area contributed by atoms with E-state index in [0.29, 0.717) is 48.6 Å². The first-order valence-corrected chi connectivity index (χ1v) is 13.5. The first kappa shape index (κ1) is 31.4. The van der Waals surface area contributed by atoms with Crippen LogP contribution in [-0.4, -0.2) is 34.9 Å². The Hall–Kier alpha value is -3.12. The molecular formula is C30H31Cl2F3N4O. The van der Waals surface area contributed by atoms with Gasteiger partial charge in [-0.3, -0.25) is 9.79 Å². The van der Waals surface area contributed by atoms with Gasteiger partial charge in [-0.1, -0.05) is 47.4 Å². The summed E-state index contributed by atoms with van der Waals surface area (Å²) in [5.74, 6) is 2.24. The molecule has 0 amide bonds. The minimum Gasteiger partial charge on any atom is -0.308 e. The van der Waals surface area contributed by atoms with E-state index in [4.69, 9.17) is 29.6 Å². The highest BCUT2D eigenvalue weighted by atomic mass is 35.5. The largest absolute Gasteiger partial charge is 0.308 e. The summed E-state index contributed by atoms with van der Waals surface area (Å²) in [4.78, 5) is 16.4. The Labute approximate surface area is 242 Å². The van der Waals surface area contributed by atoms with Gasteiger partial charge in [-0.15, -0.1) is 6.42 Å². The van der Waals surface area contributed by atoms with Crippen LogP contribution in [0.2, 0.25) is 5.02 Å². The first-order valence-electron chi connectivity index (χ1n) is 12.8. The molecule has 0 saturated carbocycles. The Morgan fingerprint density at radius 1 is 1.35 bits per heavy atom. The van der Waals surface area contributed by atoms with Crippen molar-refractivity contribution in [2.24, 2.45) is 10.9 Å². The van der Waals surface area contributed by atoms with Crippen molar-refractivity contribution in [1.29, 1.82) is 0 Å². The van der Waals surface area contributed by atoms with Crippen LogP contribution in [0.1, 0.15) is 61.5 Å². The predicted molar refractivity (Wildman–Crippen MR) is 155 cm³/mol. The topological polar surface area (TPSA) is 59.3 Å². The maximum Gasteiger partial charge on any atom is 0.263 e. The number of hydrogen-bond acceptors (Lipinski definition) is 4. The van der Waals surface area contributed by atoms with Gasteiger partial charge in [0.15, 0.2) is 5.78 Å². The van der Waals surface area contributed by atoms with Gasteiger partial charge in [-0.05, 0) is 43.2 Å². The Balaban J connectivity index is 1.78. The first-order chi connectivity index (χ1) is 19.1. The minimum absolute atomic E-state index is 0.0546. The number of carbonyl (C=O) groups is 1. The molecule has 0 spiro atoms. The van der Waals surface area contributed by atoms with E-state index < -0.39 is 12.3 Å². The van der Waals surface area contributed by atoms with Crippen molar-refractivity contribution >= 4 is 40.9 Å². The number of benzene rings is 1. The molecule has 1 fully saturated rings. The number of nitrogens with one attached hydrogen (secondary N) is 1. The molecule has 40 heavy (non-hydrogen) atoms. The van der Waals surface area contributed by atoms with Crippen LogP contribution in [0.15, 0.2) is 58.3 Å². The van der Waals surface area contributed by atoms with E-state index in [1.165, 1.54) is 19.1 Å². The molecule has 0 aliphatic carbocycles. The molecule has 0 bridgehead atoms. The van der Waals surface area contributed by atoms with E-state index in [2.05, 4.69) is 27.9 Å². The number of aliphatic imine (C=N–C) groups is 1. The summed E-state index contributed by atoms with van der Waals surface area (Å²) in [6.07, 6.45) is 8.02. The number of ketones is 1. The number of hydrogen-bond donors (Lipinski definition) is 1. The Kier molecular flexibility index (Phi) is 11.8. The SMILES string of the molecule is C#CC1CNCC(=O)C/C1=C/CC=NCc1cc(Cc2cc(Cl)cc(C(F)F)c2)n(C(=C)CC/C(F)=C(\C)Cl)n1. The molecule has 1 aliphatic rings. The maximum atomic E-state index is 14.0. The van der Waals surface area contributed by atoms with Crippen LogP contribution < -0.4 is 5.32 Å². The minimum atomic E-state index is -2.66. The van der Waals surface area contributed by atoms with Gasteiger partial charge in [0.2, 0.25) is 0 Å². The molecule has 1 aromatic carbocycles. The third kappa shape index (κ3) is 9.22. The van der Waals surface area contributed by atoms with Gasteiger partial charge in [0.25, 0.3) is 6.43 Å².